The molecule has 2 atom stereocenters. The van der Waals surface area contributed by atoms with Crippen molar-refractivity contribution < 1.29 is 14.3 Å². The Bertz CT molecular complexity index is 419. The van der Waals surface area contributed by atoms with E-state index in [1.165, 1.54) is 0 Å². The first-order valence-corrected chi connectivity index (χ1v) is 8.27. The Balaban J connectivity index is 1.90. The van der Waals surface area contributed by atoms with Crippen molar-refractivity contribution in [1.82, 2.24) is 9.80 Å². The Morgan fingerprint density at radius 1 is 1.32 bits per heavy atom. The average molecular weight is 311 g/mol. The van der Waals surface area contributed by atoms with Crippen LogP contribution in [0.2, 0.25) is 0 Å². The fourth-order valence-corrected chi connectivity index (χ4v) is 3.22. The van der Waals surface area contributed by atoms with E-state index in [2.05, 4.69) is 0 Å². The van der Waals surface area contributed by atoms with E-state index < -0.39 is 5.60 Å². The van der Waals surface area contributed by atoms with Crippen molar-refractivity contribution in [3.8, 4) is 0 Å². The summed E-state index contributed by atoms with van der Waals surface area (Å²) in [5, 5.41) is 0. The molecule has 2 unspecified atom stereocenters. The highest BCUT2D eigenvalue weighted by molar-refractivity contribution is 5.79. The lowest BCUT2D eigenvalue weighted by atomic mass is 10.1. The van der Waals surface area contributed by atoms with Gasteiger partial charge >= 0.3 is 6.09 Å². The molecule has 0 bridgehead atoms. The molecule has 0 aromatic rings. The van der Waals surface area contributed by atoms with Crippen LogP contribution in [0, 0.1) is 5.92 Å². The van der Waals surface area contributed by atoms with E-state index in [1.807, 2.05) is 25.7 Å². The molecule has 0 aromatic carbocycles. The van der Waals surface area contributed by atoms with Gasteiger partial charge in [-0.3, -0.25) is 4.79 Å². The normalized spacial score (nSPS) is 27.0. The standard InChI is InChI=1S/C16H29N3O3/c1-16(2,3)22-15(21)18-7-4-5-13(6-8-18)19-11-12(10-17)9-14(19)20/h12-13H,4-11,17H2,1-3H3. The average Bonchev–Trinajstić information content (AvgIpc) is 2.64. The van der Waals surface area contributed by atoms with E-state index in [1.54, 1.807) is 4.90 Å². The summed E-state index contributed by atoms with van der Waals surface area (Å²) >= 11 is 0. The molecule has 0 radical (unpaired) electrons. The maximum atomic E-state index is 12.2. The van der Waals surface area contributed by atoms with E-state index in [0.717, 1.165) is 25.8 Å². The van der Waals surface area contributed by atoms with Crippen LogP contribution < -0.4 is 5.73 Å². The number of nitrogens with two attached hydrogens (primary N) is 1. The minimum Gasteiger partial charge on any atom is -0.444 e. The van der Waals surface area contributed by atoms with Gasteiger partial charge in [0.1, 0.15) is 5.60 Å². The quantitative estimate of drug-likeness (QED) is 0.840. The van der Waals surface area contributed by atoms with Gasteiger partial charge in [0.2, 0.25) is 5.91 Å². The van der Waals surface area contributed by atoms with Gasteiger partial charge in [-0.15, -0.1) is 0 Å². The van der Waals surface area contributed by atoms with Crippen molar-refractivity contribution in [2.45, 2.75) is 58.1 Å². The van der Waals surface area contributed by atoms with Gasteiger partial charge in [0.25, 0.3) is 0 Å². The second-order valence-corrected chi connectivity index (χ2v) is 7.40. The van der Waals surface area contributed by atoms with E-state index in [-0.39, 0.29) is 24.0 Å². The molecule has 2 aliphatic heterocycles. The molecule has 2 saturated heterocycles. The van der Waals surface area contributed by atoms with E-state index >= 15 is 0 Å². The molecule has 2 amide bonds. The summed E-state index contributed by atoms with van der Waals surface area (Å²) < 4.78 is 5.44. The number of carbonyl (C=O) groups excluding carboxylic acids is 2. The predicted molar refractivity (Wildman–Crippen MR) is 84.3 cm³/mol. The second kappa shape index (κ2) is 6.86. The molecule has 2 N–H and O–H groups in total. The van der Waals surface area contributed by atoms with Crippen molar-refractivity contribution in [1.29, 1.82) is 0 Å². The number of rotatable bonds is 2. The first-order chi connectivity index (χ1) is 10.3. The molecule has 0 aromatic heterocycles. The van der Waals surface area contributed by atoms with Gasteiger partial charge in [-0.05, 0) is 52.5 Å². The van der Waals surface area contributed by atoms with Crippen LogP contribution in [-0.4, -0.2) is 59.6 Å². The number of hydrogen-bond acceptors (Lipinski definition) is 4. The van der Waals surface area contributed by atoms with E-state index in [9.17, 15) is 9.59 Å². The van der Waals surface area contributed by atoms with Crippen LogP contribution in [0.3, 0.4) is 0 Å². The number of hydrogen-bond donors (Lipinski definition) is 1. The zero-order valence-electron chi connectivity index (χ0n) is 14.0. The van der Waals surface area contributed by atoms with Crippen LogP contribution in [0.5, 0.6) is 0 Å². The topological polar surface area (TPSA) is 75.9 Å². The Labute approximate surface area is 132 Å². The summed E-state index contributed by atoms with van der Waals surface area (Å²) in [5.74, 6) is 0.504. The third kappa shape index (κ3) is 4.35. The maximum absolute atomic E-state index is 12.2. The Morgan fingerprint density at radius 2 is 2.05 bits per heavy atom. The summed E-state index contributed by atoms with van der Waals surface area (Å²) in [6.07, 6.45) is 3.00. The lowest BCUT2D eigenvalue weighted by Gasteiger charge is -2.28. The molecule has 0 aliphatic carbocycles. The van der Waals surface area contributed by atoms with Crippen LogP contribution in [0.1, 0.15) is 46.5 Å². The maximum Gasteiger partial charge on any atom is 0.410 e. The summed E-state index contributed by atoms with van der Waals surface area (Å²) in [4.78, 5) is 28.0. The van der Waals surface area contributed by atoms with Crippen LogP contribution in [-0.2, 0) is 9.53 Å². The largest absolute Gasteiger partial charge is 0.444 e. The van der Waals surface area contributed by atoms with Crippen molar-refractivity contribution in [3.05, 3.63) is 0 Å². The number of ether oxygens (including phenoxy) is 1. The second-order valence-electron chi connectivity index (χ2n) is 7.40. The van der Waals surface area contributed by atoms with Crippen molar-refractivity contribution in [3.63, 3.8) is 0 Å². The molecule has 6 nitrogen and oxygen atoms in total. The Kier molecular flexibility index (Phi) is 5.32. The molecular weight excluding hydrogens is 282 g/mol. The third-order valence-corrected chi connectivity index (χ3v) is 4.36. The molecule has 0 spiro atoms. The highest BCUT2D eigenvalue weighted by atomic mass is 16.6. The first-order valence-electron chi connectivity index (χ1n) is 8.27. The van der Waals surface area contributed by atoms with Gasteiger partial charge in [-0.1, -0.05) is 0 Å². The molecule has 2 aliphatic rings. The lowest BCUT2D eigenvalue weighted by Crippen LogP contribution is -2.39. The minimum absolute atomic E-state index is 0.214. The van der Waals surface area contributed by atoms with Crippen LogP contribution in [0.15, 0.2) is 0 Å². The van der Waals surface area contributed by atoms with Gasteiger partial charge in [-0.25, -0.2) is 4.79 Å². The smallest absolute Gasteiger partial charge is 0.410 e. The SMILES string of the molecule is CC(C)(C)OC(=O)N1CCCC(N2CC(CN)CC2=O)CC1. The molecule has 22 heavy (non-hydrogen) atoms. The summed E-state index contributed by atoms with van der Waals surface area (Å²) in [6, 6.07) is 0.233. The molecular formula is C16H29N3O3. The summed E-state index contributed by atoms with van der Waals surface area (Å²) in [7, 11) is 0. The van der Waals surface area contributed by atoms with Gasteiger partial charge in [0.15, 0.2) is 0 Å². The van der Waals surface area contributed by atoms with Gasteiger partial charge in [-0.2, -0.15) is 0 Å². The zero-order chi connectivity index (χ0) is 16.3. The fraction of sp³-hybridized carbons (Fsp3) is 0.875. The highest BCUT2D eigenvalue weighted by Crippen LogP contribution is 2.25. The number of amides is 2. The molecule has 6 heteroatoms. The highest BCUT2D eigenvalue weighted by Gasteiger charge is 2.35. The molecule has 2 heterocycles. The zero-order valence-corrected chi connectivity index (χ0v) is 14.0. The molecule has 0 saturated carbocycles. The van der Waals surface area contributed by atoms with Crippen LogP contribution in [0.25, 0.3) is 0 Å². The number of likely N-dealkylation sites (tertiary alicyclic amines) is 2. The fourth-order valence-electron chi connectivity index (χ4n) is 3.22. The molecule has 2 rings (SSSR count). The van der Waals surface area contributed by atoms with Crippen molar-refractivity contribution in [2.75, 3.05) is 26.2 Å². The van der Waals surface area contributed by atoms with E-state index in [4.69, 9.17) is 10.5 Å². The summed E-state index contributed by atoms with van der Waals surface area (Å²) in [5.41, 5.74) is 5.22. The monoisotopic (exact) mass is 311 g/mol. The minimum atomic E-state index is -0.470. The van der Waals surface area contributed by atoms with Gasteiger partial charge in [0, 0.05) is 32.1 Å². The predicted octanol–water partition coefficient (Wildman–Crippen LogP) is 1.58. The van der Waals surface area contributed by atoms with Crippen LogP contribution in [0.4, 0.5) is 4.79 Å². The number of carbonyl (C=O) groups is 2. The van der Waals surface area contributed by atoms with Crippen molar-refractivity contribution in [2.24, 2.45) is 11.7 Å². The van der Waals surface area contributed by atoms with Gasteiger partial charge < -0.3 is 20.3 Å². The first kappa shape index (κ1) is 17.1. The number of nitrogens with zero attached hydrogens (tertiary/aromatic N) is 2. The molecule has 126 valence electrons. The molecule has 2 fully saturated rings. The van der Waals surface area contributed by atoms with Crippen molar-refractivity contribution >= 4 is 12.0 Å². The van der Waals surface area contributed by atoms with Gasteiger partial charge in [0.05, 0.1) is 0 Å². The summed E-state index contributed by atoms with van der Waals surface area (Å²) in [6.45, 7) is 8.32. The Hall–Kier alpha value is -1.30. The Morgan fingerprint density at radius 3 is 2.64 bits per heavy atom. The lowest BCUT2D eigenvalue weighted by molar-refractivity contribution is -0.129. The van der Waals surface area contributed by atoms with E-state index in [0.29, 0.717) is 26.1 Å². The van der Waals surface area contributed by atoms with Crippen LogP contribution >= 0.6 is 0 Å². The third-order valence-electron chi connectivity index (χ3n) is 4.36.